The highest BCUT2D eigenvalue weighted by Crippen LogP contribution is 2.37. The van der Waals surface area contributed by atoms with Gasteiger partial charge in [-0.2, -0.15) is 0 Å². The fourth-order valence-corrected chi connectivity index (χ4v) is 3.12. The van der Waals surface area contributed by atoms with Gasteiger partial charge in [-0.25, -0.2) is 4.79 Å². The van der Waals surface area contributed by atoms with E-state index >= 15 is 0 Å². The molecule has 0 bridgehead atoms. The van der Waals surface area contributed by atoms with Crippen LogP contribution >= 0.6 is 0 Å². The van der Waals surface area contributed by atoms with E-state index in [4.69, 9.17) is 14.2 Å². The number of ether oxygens (including phenoxy) is 4. The Morgan fingerprint density at radius 3 is 2.06 bits per heavy atom. The van der Waals surface area contributed by atoms with Crippen molar-refractivity contribution >= 4 is 5.97 Å². The summed E-state index contributed by atoms with van der Waals surface area (Å²) in [6.07, 6.45) is -4.76. The number of benzene rings is 3. The molecule has 3 rings (SSSR count). The van der Waals surface area contributed by atoms with Crippen LogP contribution in [0.2, 0.25) is 0 Å². The quantitative estimate of drug-likeness (QED) is 0.309. The van der Waals surface area contributed by atoms with Crippen LogP contribution in [0.3, 0.4) is 0 Å². The molecular weight excluding hydrogens is 449 g/mol. The van der Waals surface area contributed by atoms with E-state index in [-0.39, 0.29) is 19.0 Å². The Bertz CT molecular complexity index is 1090. The van der Waals surface area contributed by atoms with Crippen molar-refractivity contribution in [1.82, 2.24) is 0 Å². The van der Waals surface area contributed by atoms with Crippen LogP contribution in [0.1, 0.15) is 32.3 Å². The van der Waals surface area contributed by atoms with Gasteiger partial charge in [0.15, 0.2) is 18.1 Å². The van der Waals surface area contributed by atoms with Gasteiger partial charge in [-0.3, -0.25) is 0 Å². The molecule has 0 aliphatic rings. The molecule has 0 spiro atoms. The van der Waals surface area contributed by atoms with E-state index in [2.05, 4.69) is 18.6 Å². The molecule has 5 nitrogen and oxygen atoms in total. The monoisotopic (exact) mass is 474 g/mol. The fourth-order valence-electron chi connectivity index (χ4n) is 3.12. The van der Waals surface area contributed by atoms with Gasteiger partial charge in [-0.15, -0.1) is 13.2 Å². The molecule has 0 unspecified atom stereocenters. The number of carbonyl (C=O) groups excluding carboxylic acids is 1. The number of carbonyl (C=O) groups is 1. The Morgan fingerprint density at radius 1 is 0.853 bits per heavy atom. The van der Waals surface area contributed by atoms with E-state index < -0.39 is 12.3 Å². The molecule has 0 atom stereocenters. The normalized spacial score (nSPS) is 11.3. The minimum Gasteiger partial charge on any atom is -0.478 e. The lowest BCUT2D eigenvalue weighted by molar-refractivity contribution is -0.274. The molecule has 0 heterocycles. The highest BCUT2D eigenvalue weighted by molar-refractivity contribution is 5.72. The summed E-state index contributed by atoms with van der Waals surface area (Å²) < 4.78 is 57.8. The minimum atomic E-state index is -4.76. The molecule has 0 amide bonds. The lowest BCUT2D eigenvalue weighted by atomic mass is 10.0. The van der Waals surface area contributed by atoms with Gasteiger partial charge in [0.2, 0.25) is 0 Å². The lowest BCUT2D eigenvalue weighted by Crippen LogP contribution is -2.16. The Hall–Kier alpha value is -3.68. The third kappa shape index (κ3) is 7.16. The van der Waals surface area contributed by atoms with Crippen LogP contribution in [-0.2, 0) is 9.53 Å². The number of hydrogen-bond acceptors (Lipinski definition) is 5. The second kappa shape index (κ2) is 11.0. The number of halogens is 3. The maximum Gasteiger partial charge on any atom is 0.573 e. The zero-order valence-electron chi connectivity index (χ0n) is 19.0. The topological polar surface area (TPSA) is 54.0 Å². The van der Waals surface area contributed by atoms with Crippen LogP contribution in [-0.4, -0.2) is 25.5 Å². The summed E-state index contributed by atoms with van der Waals surface area (Å²) in [4.78, 5) is 11.7. The van der Waals surface area contributed by atoms with Gasteiger partial charge in [-0.05, 0) is 65.9 Å². The van der Waals surface area contributed by atoms with Gasteiger partial charge in [0.1, 0.15) is 11.5 Å². The molecule has 0 fully saturated rings. The Kier molecular flexibility index (Phi) is 8.04. The third-order valence-electron chi connectivity index (χ3n) is 4.79. The Labute approximate surface area is 196 Å². The first-order valence-electron chi connectivity index (χ1n) is 10.7. The zero-order valence-corrected chi connectivity index (χ0v) is 19.0. The van der Waals surface area contributed by atoms with Crippen molar-refractivity contribution in [2.75, 3.05) is 13.2 Å². The smallest absolute Gasteiger partial charge is 0.478 e. The summed E-state index contributed by atoms with van der Waals surface area (Å²) in [6.45, 7) is 5.82. The number of esters is 1. The second-order valence-electron chi connectivity index (χ2n) is 7.65. The maximum atomic E-state index is 12.4. The van der Waals surface area contributed by atoms with Crippen molar-refractivity contribution < 1.29 is 36.9 Å². The summed E-state index contributed by atoms with van der Waals surface area (Å²) in [5, 5.41) is 0. The van der Waals surface area contributed by atoms with Gasteiger partial charge < -0.3 is 18.9 Å². The molecular formula is C26H25F3O5. The number of alkyl halides is 3. The SMILES string of the molecule is CCOC(=O)COc1ccc(-c2ccc(OC(F)(F)F)cc2)cc1Oc1ccc(C(C)C)cc1. The zero-order chi connectivity index (χ0) is 24.7. The van der Waals surface area contributed by atoms with Crippen LogP contribution < -0.4 is 14.2 Å². The summed E-state index contributed by atoms with van der Waals surface area (Å²) in [7, 11) is 0. The average molecular weight is 474 g/mol. The van der Waals surface area contributed by atoms with E-state index in [1.54, 1.807) is 25.1 Å². The van der Waals surface area contributed by atoms with Gasteiger partial charge in [0.05, 0.1) is 6.61 Å². The van der Waals surface area contributed by atoms with Crippen molar-refractivity contribution in [2.24, 2.45) is 0 Å². The van der Waals surface area contributed by atoms with E-state index in [9.17, 15) is 18.0 Å². The van der Waals surface area contributed by atoms with Crippen LogP contribution in [0.5, 0.6) is 23.0 Å². The molecule has 3 aromatic rings. The minimum absolute atomic E-state index is 0.237. The van der Waals surface area contributed by atoms with E-state index in [0.29, 0.717) is 34.3 Å². The molecule has 180 valence electrons. The first-order valence-corrected chi connectivity index (χ1v) is 10.7. The van der Waals surface area contributed by atoms with Gasteiger partial charge in [0.25, 0.3) is 0 Å². The summed E-state index contributed by atoms with van der Waals surface area (Å²) >= 11 is 0. The molecule has 0 N–H and O–H groups in total. The van der Waals surface area contributed by atoms with Gasteiger partial charge in [-0.1, -0.05) is 44.2 Å². The van der Waals surface area contributed by atoms with Crippen molar-refractivity contribution in [2.45, 2.75) is 33.1 Å². The van der Waals surface area contributed by atoms with Gasteiger partial charge >= 0.3 is 12.3 Å². The predicted molar refractivity (Wildman–Crippen MR) is 121 cm³/mol. The van der Waals surface area contributed by atoms with Crippen LogP contribution in [0, 0.1) is 0 Å². The first kappa shape index (κ1) is 25.0. The highest BCUT2D eigenvalue weighted by atomic mass is 19.4. The van der Waals surface area contributed by atoms with Crippen LogP contribution in [0.4, 0.5) is 13.2 Å². The second-order valence-corrected chi connectivity index (χ2v) is 7.65. The molecule has 0 saturated heterocycles. The lowest BCUT2D eigenvalue weighted by Gasteiger charge is -2.15. The highest BCUT2D eigenvalue weighted by Gasteiger charge is 2.31. The van der Waals surface area contributed by atoms with Crippen molar-refractivity contribution in [3.05, 3.63) is 72.3 Å². The summed E-state index contributed by atoms with van der Waals surface area (Å²) in [5.74, 6) is 0.768. The fraction of sp³-hybridized carbons (Fsp3) is 0.269. The number of hydrogen-bond donors (Lipinski definition) is 0. The maximum absolute atomic E-state index is 12.4. The molecule has 0 aromatic heterocycles. The molecule has 0 radical (unpaired) electrons. The van der Waals surface area contributed by atoms with E-state index in [1.807, 2.05) is 24.3 Å². The molecule has 0 saturated carbocycles. The predicted octanol–water partition coefficient (Wildman–Crippen LogP) is 7.11. The van der Waals surface area contributed by atoms with Crippen LogP contribution in [0.15, 0.2) is 66.7 Å². The average Bonchev–Trinajstić information content (AvgIpc) is 2.78. The van der Waals surface area contributed by atoms with Crippen molar-refractivity contribution in [1.29, 1.82) is 0 Å². The van der Waals surface area contributed by atoms with E-state index in [0.717, 1.165) is 5.56 Å². The van der Waals surface area contributed by atoms with Crippen molar-refractivity contribution in [3.8, 4) is 34.1 Å². The molecule has 34 heavy (non-hydrogen) atoms. The summed E-state index contributed by atoms with van der Waals surface area (Å²) in [6, 6.07) is 18.1. The first-order chi connectivity index (χ1) is 16.1. The standard InChI is InChI=1S/C26H25F3O5/c1-4-31-25(30)16-32-23-14-9-20(19-7-12-22(13-8-19)34-26(27,28)29)15-24(23)33-21-10-5-18(6-11-21)17(2)3/h5-15,17H,4,16H2,1-3H3. The Morgan fingerprint density at radius 2 is 1.47 bits per heavy atom. The molecule has 8 heteroatoms. The van der Waals surface area contributed by atoms with Crippen LogP contribution in [0.25, 0.3) is 11.1 Å². The van der Waals surface area contributed by atoms with Crippen molar-refractivity contribution in [3.63, 3.8) is 0 Å². The molecule has 0 aliphatic carbocycles. The van der Waals surface area contributed by atoms with E-state index in [1.165, 1.54) is 24.3 Å². The summed E-state index contributed by atoms with van der Waals surface area (Å²) in [5.41, 5.74) is 2.48. The largest absolute Gasteiger partial charge is 0.573 e. The van der Waals surface area contributed by atoms with Gasteiger partial charge in [0, 0.05) is 0 Å². The number of rotatable bonds is 9. The third-order valence-corrected chi connectivity index (χ3v) is 4.79. The Balaban J connectivity index is 1.87. The molecule has 3 aromatic carbocycles. The molecule has 0 aliphatic heterocycles.